The number of fused-ring (bicyclic) bond motifs is 4. The Hall–Kier alpha value is -3.55. The van der Waals surface area contributed by atoms with Crippen LogP contribution < -0.4 is 14.4 Å². The number of hydrogen-bond donors (Lipinski definition) is 0. The zero-order valence-electron chi connectivity index (χ0n) is 19.9. The first-order valence-electron chi connectivity index (χ1n) is 12.4. The van der Waals surface area contributed by atoms with Gasteiger partial charge in [0.15, 0.2) is 11.5 Å². The molecule has 35 heavy (non-hydrogen) atoms. The first-order chi connectivity index (χ1) is 17.0. The summed E-state index contributed by atoms with van der Waals surface area (Å²) in [5.74, 6) is 1.38. The molecule has 2 saturated heterocycles. The van der Waals surface area contributed by atoms with Gasteiger partial charge in [-0.05, 0) is 56.0 Å². The summed E-state index contributed by atoms with van der Waals surface area (Å²) in [6, 6.07) is 13.2. The number of hydrogen-bond acceptors (Lipinski definition) is 5. The third-order valence-corrected chi connectivity index (χ3v) is 7.82. The lowest BCUT2D eigenvalue weighted by Crippen LogP contribution is -2.62. The number of rotatable bonds is 4. The standard InChI is InChI=1S/C27H29N3O5/c1-27-12-10-25(32)30(27)21-6-3-2-5-19(21)26(33)29(27)14-11-24(31)28-13-4-7-20(28)18-8-9-22-23(17-18)35-16-15-34-22/h2-3,5-6,8-9,17,20H,4,7,10-16H2,1H3. The van der Waals surface area contributed by atoms with Crippen LogP contribution in [0.1, 0.15) is 61.0 Å². The van der Waals surface area contributed by atoms with Crippen molar-refractivity contribution in [3.8, 4) is 11.5 Å². The molecule has 0 spiro atoms. The van der Waals surface area contributed by atoms with Crippen molar-refractivity contribution in [3.63, 3.8) is 0 Å². The predicted molar refractivity (Wildman–Crippen MR) is 128 cm³/mol. The highest BCUT2D eigenvalue weighted by molar-refractivity contribution is 6.10. The van der Waals surface area contributed by atoms with Crippen LogP contribution >= 0.6 is 0 Å². The first-order valence-corrected chi connectivity index (χ1v) is 12.4. The third-order valence-electron chi connectivity index (χ3n) is 7.82. The van der Waals surface area contributed by atoms with Crippen LogP contribution in [-0.4, -0.2) is 59.5 Å². The zero-order chi connectivity index (χ0) is 24.2. The molecule has 8 nitrogen and oxygen atoms in total. The van der Waals surface area contributed by atoms with Gasteiger partial charge in [0.2, 0.25) is 11.8 Å². The molecule has 3 amide bonds. The van der Waals surface area contributed by atoms with Crippen molar-refractivity contribution in [2.75, 3.05) is 31.2 Å². The monoisotopic (exact) mass is 475 g/mol. The number of ether oxygens (including phenoxy) is 2. The lowest BCUT2D eigenvalue weighted by atomic mass is 9.98. The van der Waals surface area contributed by atoms with Gasteiger partial charge < -0.3 is 19.3 Å². The Morgan fingerprint density at radius 1 is 1.09 bits per heavy atom. The minimum atomic E-state index is -0.747. The van der Waals surface area contributed by atoms with E-state index in [4.69, 9.17) is 9.47 Å². The Bertz CT molecular complexity index is 1210. The first kappa shape index (κ1) is 21.9. The SMILES string of the molecule is CC12CCC(=O)N1c1ccccc1C(=O)N2CCC(=O)N1CCCC1c1ccc2c(c1)OCCO2. The maximum absolute atomic E-state index is 13.5. The molecule has 0 N–H and O–H groups in total. The normalized spacial score (nSPS) is 25.1. The van der Waals surface area contributed by atoms with Crippen LogP contribution in [0.2, 0.25) is 0 Å². The number of benzene rings is 2. The Labute approximate surface area is 204 Å². The molecule has 2 unspecified atom stereocenters. The minimum Gasteiger partial charge on any atom is -0.486 e. The second kappa shape index (κ2) is 8.29. The van der Waals surface area contributed by atoms with E-state index in [1.54, 1.807) is 15.9 Å². The van der Waals surface area contributed by atoms with Gasteiger partial charge in [-0.3, -0.25) is 19.3 Å². The third kappa shape index (κ3) is 3.46. The van der Waals surface area contributed by atoms with E-state index < -0.39 is 5.66 Å². The van der Waals surface area contributed by atoms with Gasteiger partial charge in [-0.1, -0.05) is 18.2 Å². The van der Waals surface area contributed by atoms with Crippen molar-refractivity contribution < 1.29 is 23.9 Å². The van der Waals surface area contributed by atoms with Crippen molar-refractivity contribution in [3.05, 3.63) is 53.6 Å². The molecule has 0 aliphatic carbocycles. The van der Waals surface area contributed by atoms with Crippen LogP contribution in [0.5, 0.6) is 11.5 Å². The Morgan fingerprint density at radius 3 is 2.74 bits per heavy atom. The fourth-order valence-electron chi connectivity index (χ4n) is 6.07. The molecule has 4 heterocycles. The van der Waals surface area contributed by atoms with E-state index in [1.165, 1.54) is 0 Å². The smallest absolute Gasteiger partial charge is 0.257 e. The van der Waals surface area contributed by atoms with E-state index in [1.807, 2.05) is 48.2 Å². The van der Waals surface area contributed by atoms with E-state index in [9.17, 15) is 14.4 Å². The van der Waals surface area contributed by atoms with E-state index >= 15 is 0 Å². The molecule has 2 atom stereocenters. The number of anilines is 1. The number of carbonyl (C=O) groups excluding carboxylic acids is 3. The molecule has 2 aromatic rings. The van der Waals surface area contributed by atoms with Crippen molar-refractivity contribution in [1.29, 1.82) is 0 Å². The molecule has 0 bridgehead atoms. The maximum atomic E-state index is 13.5. The average molecular weight is 476 g/mol. The van der Waals surface area contributed by atoms with Gasteiger partial charge in [0.05, 0.1) is 17.3 Å². The van der Waals surface area contributed by atoms with Crippen LogP contribution in [0.15, 0.2) is 42.5 Å². The fraction of sp³-hybridized carbons (Fsp3) is 0.444. The maximum Gasteiger partial charge on any atom is 0.257 e. The van der Waals surface area contributed by atoms with Gasteiger partial charge in [0, 0.05) is 25.9 Å². The largest absolute Gasteiger partial charge is 0.486 e. The summed E-state index contributed by atoms with van der Waals surface area (Å²) < 4.78 is 11.4. The highest BCUT2D eigenvalue weighted by Crippen LogP contribution is 2.44. The molecule has 182 valence electrons. The van der Waals surface area contributed by atoms with Crippen LogP contribution in [-0.2, 0) is 9.59 Å². The summed E-state index contributed by atoms with van der Waals surface area (Å²) in [6.07, 6.45) is 2.99. The van der Waals surface area contributed by atoms with E-state index in [-0.39, 0.29) is 36.7 Å². The average Bonchev–Trinajstić information content (AvgIpc) is 3.48. The van der Waals surface area contributed by atoms with Crippen molar-refractivity contribution in [1.82, 2.24) is 9.80 Å². The van der Waals surface area contributed by atoms with Gasteiger partial charge in [0.1, 0.15) is 18.9 Å². The quantitative estimate of drug-likeness (QED) is 0.676. The summed E-state index contributed by atoms with van der Waals surface area (Å²) in [7, 11) is 0. The lowest BCUT2D eigenvalue weighted by Gasteiger charge is -2.48. The second-order valence-corrected chi connectivity index (χ2v) is 9.82. The molecule has 0 saturated carbocycles. The Balaban J connectivity index is 1.21. The predicted octanol–water partition coefficient (Wildman–Crippen LogP) is 3.51. The van der Waals surface area contributed by atoms with Crippen molar-refractivity contribution in [2.24, 2.45) is 0 Å². The molecule has 4 aliphatic heterocycles. The zero-order valence-corrected chi connectivity index (χ0v) is 19.9. The lowest BCUT2D eigenvalue weighted by molar-refractivity contribution is -0.132. The number of carbonyl (C=O) groups is 3. The van der Waals surface area contributed by atoms with E-state index in [0.29, 0.717) is 43.9 Å². The van der Waals surface area contributed by atoms with Gasteiger partial charge in [0.25, 0.3) is 5.91 Å². The van der Waals surface area contributed by atoms with E-state index in [2.05, 4.69) is 0 Å². The molecule has 4 aliphatic rings. The molecule has 2 fully saturated rings. The minimum absolute atomic E-state index is 0.0157. The topological polar surface area (TPSA) is 79.4 Å². The second-order valence-electron chi connectivity index (χ2n) is 9.82. The summed E-state index contributed by atoms with van der Waals surface area (Å²) in [5, 5.41) is 0. The summed E-state index contributed by atoms with van der Waals surface area (Å²) in [6.45, 7) is 3.97. The highest BCUT2D eigenvalue weighted by Gasteiger charge is 2.53. The summed E-state index contributed by atoms with van der Waals surface area (Å²) in [4.78, 5) is 45.1. The van der Waals surface area contributed by atoms with Gasteiger partial charge in [-0.2, -0.15) is 0 Å². The Kier molecular flexibility index (Phi) is 5.20. The van der Waals surface area contributed by atoms with Crippen LogP contribution in [0, 0.1) is 0 Å². The van der Waals surface area contributed by atoms with Gasteiger partial charge in [-0.25, -0.2) is 0 Å². The van der Waals surface area contributed by atoms with Crippen LogP contribution in [0.3, 0.4) is 0 Å². The van der Waals surface area contributed by atoms with Gasteiger partial charge >= 0.3 is 0 Å². The summed E-state index contributed by atoms with van der Waals surface area (Å²) >= 11 is 0. The van der Waals surface area contributed by atoms with Crippen LogP contribution in [0.25, 0.3) is 0 Å². The van der Waals surface area contributed by atoms with Crippen molar-refractivity contribution in [2.45, 2.75) is 50.7 Å². The summed E-state index contributed by atoms with van der Waals surface area (Å²) in [5.41, 5.74) is 1.48. The number of amides is 3. The van der Waals surface area contributed by atoms with Crippen LogP contribution in [0.4, 0.5) is 5.69 Å². The fourth-order valence-corrected chi connectivity index (χ4v) is 6.07. The van der Waals surface area contributed by atoms with Crippen molar-refractivity contribution >= 4 is 23.4 Å². The molecule has 8 heteroatoms. The number of nitrogens with zero attached hydrogens (tertiary/aromatic N) is 3. The molecular formula is C27H29N3O5. The molecule has 2 aromatic carbocycles. The molecule has 6 rings (SSSR count). The van der Waals surface area contributed by atoms with E-state index in [0.717, 1.165) is 29.9 Å². The molecule has 0 radical (unpaired) electrons. The molecule has 0 aromatic heterocycles. The number of likely N-dealkylation sites (tertiary alicyclic amines) is 1. The van der Waals surface area contributed by atoms with Gasteiger partial charge in [-0.15, -0.1) is 0 Å². The highest BCUT2D eigenvalue weighted by atomic mass is 16.6. The number of para-hydroxylation sites is 1. The Morgan fingerprint density at radius 2 is 1.89 bits per heavy atom. The molecular weight excluding hydrogens is 446 g/mol.